The summed E-state index contributed by atoms with van der Waals surface area (Å²) >= 11 is 3.41. The van der Waals surface area contributed by atoms with Gasteiger partial charge >= 0.3 is 6.09 Å². The van der Waals surface area contributed by atoms with Crippen molar-refractivity contribution in [2.24, 2.45) is 7.05 Å². The molecule has 1 heterocycles. The van der Waals surface area contributed by atoms with E-state index in [1.807, 2.05) is 61.5 Å². The Hall–Kier alpha value is -2.67. The smallest absolute Gasteiger partial charge is 0.413 e. The van der Waals surface area contributed by atoms with Gasteiger partial charge in [0.15, 0.2) is 5.82 Å². The highest BCUT2D eigenvalue weighted by Gasteiger charge is 2.18. The number of hydrogen-bond donors (Lipinski definition) is 1. The van der Waals surface area contributed by atoms with Gasteiger partial charge in [-0.1, -0.05) is 63.6 Å². The number of anilines is 1. The molecule has 0 fully saturated rings. The van der Waals surface area contributed by atoms with Crippen molar-refractivity contribution in [3.05, 3.63) is 64.6 Å². The van der Waals surface area contributed by atoms with Gasteiger partial charge in [-0.25, -0.2) is 9.48 Å². The van der Waals surface area contributed by atoms with Crippen LogP contribution in [0.1, 0.15) is 18.6 Å². The maximum absolute atomic E-state index is 12.2. The monoisotopic (exact) mass is 400 g/mol. The number of carbonyl (C=O) groups is 1. The number of benzene rings is 2. The minimum atomic E-state index is -0.574. The summed E-state index contributed by atoms with van der Waals surface area (Å²) in [7, 11) is 1.77. The Bertz CT molecular complexity index is 863. The SMILES string of the molecule is C[C@@H](OC(=O)Nc1nnn(C)c1-c1ccc(Br)cc1)c1ccccc1. The third kappa shape index (κ3) is 4.06. The number of amides is 1. The predicted molar refractivity (Wildman–Crippen MR) is 99.1 cm³/mol. The summed E-state index contributed by atoms with van der Waals surface area (Å²) in [4.78, 5) is 12.2. The van der Waals surface area contributed by atoms with Crippen molar-refractivity contribution < 1.29 is 9.53 Å². The fourth-order valence-corrected chi connectivity index (χ4v) is 2.72. The van der Waals surface area contributed by atoms with E-state index in [1.54, 1.807) is 11.7 Å². The molecule has 1 amide bonds. The molecule has 0 aliphatic heterocycles. The van der Waals surface area contributed by atoms with Crippen LogP contribution in [-0.2, 0) is 11.8 Å². The number of nitrogens with one attached hydrogen (secondary N) is 1. The highest BCUT2D eigenvalue weighted by Crippen LogP contribution is 2.27. The van der Waals surface area contributed by atoms with Gasteiger partial charge in [-0.2, -0.15) is 0 Å². The highest BCUT2D eigenvalue weighted by molar-refractivity contribution is 9.10. The standard InChI is InChI=1S/C18H17BrN4O2/c1-12(13-6-4-3-5-7-13)25-18(24)20-17-16(23(2)22-21-17)14-8-10-15(19)11-9-14/h3-12H,1-2H3,(H,20,24)/t12-/m1/s1. The maximum atomic E-state index is 12.2. The van der Waals surface area contributed by atoms with Gasteiger partial charge in [-0.15, -0.1) is 5.10 Å². The van der Waals surface area contributed by atoms with E-state index in [0.717, 1.165) is 15.6 Å². The molecule has 0 aliphatic rings. The van der Waals surface area contributed by atoms with E-state index in [2.05, 4.69) is 31.6 Å². The average molecular weight is 401 g/mol. The number of carbonyl (C=O) groups excluding carboxylic acids is 1. The second kappa shape index (κ2) is 7.48. The van der Waals surface area contributed by atoms with Crippen molar-refractivity contribution in [2.75, 3.05) is 5.32 Å². The zero-order chi connectivity index (χ0) is 17.8. The lowest BCUT2D eigenvalue weighted by molar-refractivity contribution is 0.121. The first-order chi connectivity index (χ1) is 12.0. The molecule has 7 heteroatoms. The van der Waals surface area contributed by atoms with E-state index in [1.165, 1.54) is 0 Å². The van der Waals surface area contributed by atoms with Crippen molar-refractivity contribution in [2.45, 2.75) is 13.0 Å². The highest BCUT2D eigenvalue weighted by atomic mass is 79.9. The van der Waals surface area contributed by atoms with E-state index >= 15 is 0 Å². The third-order valence-electron chi connectivity index (χ3n) is 3.72. The molecule has 1 aromatic heterocycles. The molecule has 3 rings (SSSR count). The molecular formula is C18H17BrN4O2. The molecule has 25 heavy (non-hydrogen) atoms. The first kappa shape index (κ1) is 17.2. The van der Waals surface area contributed by atoms with Gasteiger partial charge in [0.1, 0.15) is 11.8 Å². The lowest BCUT2D eigenvalue weighted by Crippen LogP contribution is -2.17. The lowest BCUT2D eigenvalue weighted by Gasteiger charge is -2.14. The Balaban J connectivity index is 1.75. The fraction of sp³-hybridized carbons (Fsp3) is 0.167. The summed E-state index contributed by atoms with van der Waals surface area (Å²) in [6, 6.07) is 17.2. The van der Waals surface area contributed by atoms with Crippen molar-refractivity contribution in [3.8, 4) is 11.3 Å². The predicted octanol–water partition coefficient (Wildman–Crippen LogP) is 4.55. The maximum Gasteiger partial charge on any atom is 0.413 e. The molecular weight excluding hydrogens is 384 g/mol. The molecule has 1 N–H and O–H groups in total. The number of rotatable bonds is 4. The van der Waals surface area contributed by atoms with Crippen LogP contribution in [0, 0.1) is 0 Å². The summed E-state index contributed by atoms with van der Waals surface area (Å²) in [6.45, 7) is 1.82. The van der Waals surface area contributed by atoms with Crippen LogP contribution in [0.3, 0.4) is 0 Å². The second-order valence-electron chi connectivity index (χ2n) is 5.50. The fourth-order valence-electron chi connectivity index (χ4n) is 2.45. The zero-order valence-electron chi connectivity index (χ0n) is 13.8. The molecule has 0 unspecified atom stereocenters. The summed E-state index contributed by atoms with van der Waals surface area (Å²) in [5.74, 6) is 0.357. The van der Waals surface area contributed by atoms with Crippen LogP contribution in [0.2, 0.25) is 0 Å². The molecule has 0 radical (unpaired) electrons. The minimum Gasteiger partial charge on any atom is -0.441 e. The van der Waals surface area contributed by atoms with Crippen molar-refractivity contribution >= 4 is 27.8 Å². The number of halogens is 1. The molecule has 0 aliphatic carbocycles. The van der Waals surface area contributed by atoms with Gasteiger partial charge in [0.25, 0.3) is 0 Å². The number of aryl methyl sites for hydroxylation is 1. The van der Waals surface area contributed by atoms with Gasteiger partial charge in [0.2, 0.25) is 0 Å². The molecule has 6 nitrogen and oxygen atoms in total. The Morgan fingerprint density at radius 2 is 1.84 bits per heavy atom. The molecule has 2 aromatic carbocycles. The van der Waals surface area contributed by atoms with Crippen LogP contribution in [-0.4, -0.2) is 21.1 Å². The van der Waals surface area contributed by atoms with Crippen LogP contribution in [0.4, 0.5) is 10.6 Å². The van der Waals surface area contributed by atoms with Gasteiger partial charge in [-0.3, -0.25) is 5.32 Å². The first-order valence-corrected chi connectivity index (χ1v) is 8.52. The number of hydrogen-bond acceptors (Lipinski definition) is 4. The van der Waals surface area contributed by atoms with E-state index in [4.69, 9.17) is 4.74 Å². The summed E-state index contributed by atoms with van der Waals surface area (Å²) in [5.41, 5.74) is 2.52. The van der Waals surface area contributed by atoms with Crippen LogP contribution < -0.4 is 5.32 Å². The largest absolute Gasteiger partial charge is 0.441 e. The van der Waals surface area contributed by atoms with Crippen LogP contribution in [0.5, 0.6) is 0 Å². The van der Waals surface area contributed by atoms with Gasteiger partial charge < -0.3 is 4.74 Å². The minimum absolute atomic E-state index is 0.357. The van der Waals surface area contributed by atoms with E-state index in [9.17, 15) is 4.79 Å². The third-order valence-corrected chi connectivity index (χ3v) is 4.25. The molecule has 0 bridgehead atoms. The van der Waals surface area contributed by atoms with Gasteiger partial charge in [0.05, 0.1) is 0 Å². The summed E-state index contributed by atoms with van der Waals surface area (Å²) in [5, 5.41) is 10.7. The van der Waals surface area contributed by atoms with Crippen molar-refractivity contribution in [3.63, 3.8) is 0 Å². The van der Waals surface area contributed by atoms with Crippen LogP contribution >= 0.6 is 15.9 Å². The molecule has 0 saturated heterocycles. The Morgan fingerprint density at radius 1 is 1.16 bits per heavy atom. The normalized spacial score (nSPS) is 11.8. The van der Waals surface area contributed by atoms with Crippen molar-refractivity contribution in [1.29, 1.82) is 0 Å². The number of nitrogens with zero attached hydrogens (tertiary/aromatic N) is 3. The second-order valence-corrected chi connectivity index (χ2v) is 6.42. The molecule has 1 atom stereocenters. The Labute approximate surface area is 153 Å². The lowest BCUT2D eigenvalue weighted by atomic mass is 10.1. The first-order valence-electron chi connectivity index (χ1n) is 7.73. The average Bonchev–Trinajstić information content (AvgIpc) is 2.96. The van der Waals surface area contributed by atoms with E-state index in [0.29, 0.717) is 11.5 Å². The molecule has 128 valence electrons. The van der Waals surface area contributed by atoms with Crippen LogP contribution in [0.25, 0.3) is 11.3 Å². The summed E-state index contributed by atoms with van der Waals surface area (Å²) in [6.07, 6.45) is -0.941. The van der Waals surface area contributed by atoms with Gasteiger partial charge in [0, 0.05) is 17.1 Å². The number of aromatic nitrogens is 3. The quantitative estimate of drug-likeness (QED) is 0.696. The Kier molecular flexibility index (Phi) is 5.14. The molecule has 3 aromatic rings. The van der Waals surface area contributed by atoms with Crippen molar-refractivity contribution in [1.82, 2.24) is 15.0 Å². The van der Waals surface area contributed by atoms with E-state index in [-0.39, 0.29) is 6.10 Å². The van der Waals surface area contributed by atoms with Crippen LogP contribution in [0.15, 0.2) is 59.1 Å². The Morgan fingerprint density at radius 3 is 2.52 bits per heavy atom. The summed E-state index contributed by atoms with van der Waals surface area (Å²) < 4.78 is 8.01. The van der Waals surface area contributed by atoms with Gasteiger partial charge in [-0.05, 0) is 24.6 Å². The number of ether oxygens (including phenoxy) is 1. The van der Waals surface area contributed by atoms with E-state index < -0.39 is 6.09 Å². The molecule has 0 saturated carbocycles. The topological polar surface area (TPSA) is 69.0 Å². The molecule has 0 spiro atoms. The zero-order valence-corrected chi connectivity index (χ0v) is 15.4.